The number of hydrogen-bond donors (Lipinski definition) is 1. The van der Waals surface area contributed by atoms with Crippen molar-refractivity contribution in [1.82, 2.24) is 0 Å². The first kappa shape index (κ1) is 16.6. The second-order valence-corrected chi connectivity index (χ2v) is 4.70. The number of halogens is 3. The van der Waals surface area contributed by atoms with Gasteiger partial charge in [0.1, 0.15) is 0 Å². The van der Waals surface area contributed by atoms with E-state index in [1.165, 1.54) is 49.6 Å². The van der Waals surface area contributed by atoms with Gasteiger partial charge < -0.3 is 9.84 Å². The summed E-state index contributed by atoms with van der Waals surface area (Å²) >= 11 is 0. The molecule has 0 heterocycles. The second-order valence-electron chi connectivity index (χ2n) is 4.70. The van der Waals surface area contributed by atoms with Crippen LogP contribution < -0.4 is 4.74 Å². The Labute approximate surface area is 130 Å². The summed E-state index contributed by atoms with van der Waals surface area (Å²) in [6.45, 7) is 0. The van der Waals surface area contributed by atoms with E-state index in [1.54, 1.807) is 0 Å². The molecular weight excluding hydrogens is 309 g/mol. The van der Waals surface area contributed by atoms with Gasteiger partial charge in [0.2, 0.25) is 0 Å². The summed E-state index contributed by atoms with van der Waals surface area (Å²) in [5.74, 6) is -0.280. The van der Waals surface area contributed by atoms with Gasteiger partial charge in [-0.15, -0.1) is 0 Å². The lowest BCUT2D eigenvalue weighted by Crippen LogP contribution is -2.04. The number of aromatic hydroxyl groups is 1. The van der Waals surface area contributed by atoms with E-state index in [-0.39, 0.29) is 17.3 Å². The van der Waals surface area contributed by atoms with Crippen molar-refractivity contribution in [3.05, 3.63) is 65.2 Å². The molecule has 6 heteroatoms. The molecule has 0 aliphatic rings. The van der Waals surface area contributed by atoms with Gasteiger partial charge in [-0.25, -0.2) is 0 Å². The largest absolute Gasteiger partial charge is 0.504 e. The SMILES string of the molecule is COc1cc(C(=O)C=Cc2ccc(C(F)(F)F)cc2)ccc1O. The Hall–Kier alpha value is -2.76. The van der Waals surface area contributed by atoms with E-state index in [0.29, 0.717) is 11.1 Å². The number of benzene rings is 2. The molecule has 0 saturated heterocycles. The molecule has 0 bridgehead atoms. The van der Waals surface area contributed by atoms with Gasteiger partial charge in [0.15, 0.2) is 17.3 Å². The molecule has 0 atom stereocenters. The number of hydrogen-bond acceptors (Lipinski definition) is 3. The Morgan fingerprint density at radius 3 is 2.35 bits per heavy atom. The minimum atomic E-state index is -4.39. The molecule has 2 aromatic rings. The maximum atomic E-state index is 12.5. The Balaban J connectivity index is 2.15. The molecule has 2 rings (SSSR count). The number of phenols is 1. The molecular formula is C17H13F3O3. The van der Waals surface area contributed by atoms with Crippen LogP contribution in [0.4, 0.5) is 13.2 Å². The van der Waals surface area contributed by atoms with Crippen molar-refractivity contribution in [2.45, 2.75) is 6.18 Å². The molecule has 0 aliphatic heterocycles. The molecule has 2 aromatic carbocycles. The number of ketones is 1. The molecule has 0 aromatic heterocycles. The van der Waals surface area contributed by atoms with Crippen molar-refractivity contribution >= 4 is 11.9 Å². The smallest absolute Gasteiger partial charge is 0.416 e. The number of methoxy groups -OCH3 is 1. The first-order valence-corrected chi connectivity index (χ1v) is 6.58. The van der Waals surface area contributed by atoms with E-state index in [4.69, 9.17) is 4.74 Å². The number of ether oxygens (including phenoxy) is 1. The Morgan fingerprint density at radius 1 is 1.13 bits per heavy atom. The summed E-state index contributed by atoms with van der Waals surface area (Å²) in [6.07, 6.45) is -1.73. The van der Waals surface area contributed by atoms with Gasteiger partial charge >= 0.3 is 6.18 Å². The molecule has 0 spiro atoms. The Morgan fingerprint density at radius 2 is 1.78 bits per heavy atom. The zero-order valence-corrected chi connectivity index (χ0v) is 12.1. The highest BCUT2D eigenvalue weighted by atomic mass is 19.4. The molecule has 0 saturated carbocycles. The fourth-order valence-corrected chi connectivity index (χ4v) is 1.88. The van der Waals surface area contributed by atoms with Crippen LogP contribution in [-0.2, 0) is 6.18 Å². The highest BCUT2D eigenvalue weighted by molar-refractivity contribution is 6.07. The van der Waals surface area contributed by atoms with E-state index in [0.717, 1.165) is 12.1 Å². The van der Waals surface area contributed by atoms with Crippen molar-refractivity contribution in [2.75, 3.05) is 7.11 Å². The van der Waals surface area contributed by atoms with E-state index < -0.39 is 11.7 Å². The summed E-state index contributed by atoms with van der Waals surface area (Å²) in [5.41, 5.74) is 0.0177. The van der Waals surface area contributed by atoms with Crippen LogP contribution in [0, 0.1) is 0 Å². The topological polar surface area (TPSA) is 46.5 Å². The molecule has 1 N–H and O–H groups in total. The van der Waals surface area contributed by atoms with E-state index in [1.807, 2.05) is 0 Å². The Kier molecular flexibility index (Phi) is 4.74. The van der Waals surface area contributed by atoms with Crippen LogP contribution in [0.5, 0.6) is 11.5 Å². The van der Waals surface area contributed by atoms with Crippen molar-refractivity contribution in [2.24, 2.45) is 0 Å². The van der Waals surface area contributed by atoms with Crippen LogP contribution in [0.1, 0.15) is 21.5 Å². The number of allylic oxidation sites excluding steroid dienone is 1. The van der Waals surface area contributed by atoms with E-state index >= 15 is 0 Å². The Bertz CT molecular complexity index is 732. The van der Waals surface area contributed by atoms with Crippen LogP contribution in [-0.4, -0.2) is 18.0 Å². The highest BCUT2D eigenvalue weighted by Crippen LogP contribution is 2.29. The summed E-state index contributed by atoms with van der Waals surface area (Å²) in [7, 11) is 1.36. The standard InChI is InChI=1S/C17H13F3O3/c1-23-16-10-12(5-9-15(16)22)14(21)8-4-11-2-6-13(7-3-11)17(18,19)20/h2-10,22H,1H3. The third-order valence-electron chi connectivity index (χ3n) is 3.13. The second kappa shape index (κ2) is 6.56. The molecule has 120 valence electrons. The van der Waals surface area contributed by atoms with Gasteiger partial charge in [0, 0.05) is 5.56 Å². The van der Waals surface area contributed by atoms with Crippen LogP contribution >= 0.6 is 0 Å². The maximum absolute atomic E-state index is 12.5. The van der Waals surface area contributed by atoms with Gasteiger partial charge in [-0.3, -0.25) is 4.79 Å². The van der Waals surface area contributed by atoms with Gasteiger partial charge in [0.05, 0.1) is 12.7 Å². The van der Waals surface area contributed by atoms with Crippen LogP contribution in [0.2, 0.25) is 0 Å². The van der Waals surface area contributed by atoms with Gasteiger partial charge in [0.25, 0.3) is 0 Å². The fourth-order valence-electron chi connectivity index (χ4n) is 1.88. The fraction of sp³-hybridized carbons (Fsp3) is 0.118. The van der Waals surface area contributed by atoms with Crippen LogP contribution in [0.3, 0.4) is 0 Å². The van der Waals surface area contributed by atoms with Crippen molar-refractivity contribution < 1.29 is 27.8 Å². The molecule has 23 heavy (non-hydrogen) atoms. The summed E-state index contributed by atoms with van der Waals surface area (Å²) in [6, 6.07) is 8.61. The lowest BCUT2D eigenvalue weighted by atomic mass is 10.1. The number of carbonyl (C=O) groups excluding carboxylic acids is 1. The van der Waals surface area contributed by atoms with Gasteiger partial charge in [-0.1, -0.05) is 18.2 Å². The monoisotopic (exact) mass is 322 g/mol. The molecule has 0 aliphatic carbocycles. The number of alkyl halides is 3. The van der Waals surface area contributed by atoms with Crippen molar-refractivity contribution in [3.63, 3.8) is 0 Å². The van der Waals surface area contributed by atoms with Gasteiger partial charge in [-0.05, 0) is 42.0 Å². The summed E-state index contributed by atoms with van der Waals surface area (Å²) in [5, 5.41) is 9.47. The predicted molar refractivity (Wildman–Crippen MR) is 79.5 cm³/mol. The van der Waals surface area contributed by atoms with Crippen LogP contribution in [0.15, 0.2) is 48.5 Å². The van der Waals surface area contributed by atoms with E-state index in [9.17, 15) is 23.1 Å². The van der Waals surface area contributed by atoms with Gasteiger partial charge in [-0.2, -0.15) is 13.2 Å². The third kappa shape index (κ3) is 4.12. The quantitative estimate of drug-likeness (QED) is 0.674. The average Bonchev–Trinajstić information content (AvgIpc) is 2.52. The number of carbonyl (C=O) groups is 1. The highest BCUT2D eigenvalue weighted by Gasteiger charge is 2.29. The van der Waals surface area contributed by atoms with E-state index in [2.05, 4.69) is 0 Å². The summed E-state index contributed by atoms with van der Waals surface area (Å²) < 4.78 is 42.3. The summed E-state index contributed by atoms with van der Waals surface area (Å²) in [4.78, 5) is 12.0. The first-order valence-electron chi connectivity index (χ1n) is 6.58. The lowest BCUT2D eigenvalue weighted by Gasteiger charge is -2.06. The zero-order valence-electron chi connectivity index (χ0n) is 12.1. The molecule has 0 unspecified atom stereocenters. The minimum absolute atomic E-state index is 0.0873. The minimum Gasteiger partial charge on any atom is -0.504 e. The molecule has 3 nitrogen and oxygen atoms in total. The third-order valence-corrected chi connectivity index (χ3v) is 3.13. The van der Waals surface area contributed by atoms with Crippen molar-refractivity contribution in [1.29, 1.82) is 0 Å². The van der Waals surface area contributed by atoms with Crippen molar-refractivity contribution in [3.8, 4) is 11.5 Å². The number of phenolic OH excluding ortho intramolecular Hbond substituents is 1. The lowest BCUT2D eigenvalue weighted by molar-refractivity contribution is -0.137. The number of rotatable bonds is 4. The average molecular weight is 322 g/mol. The zero-order chi connectivity index (χ0) is 17.0. The molecule has 0 radical (unpaired) electrons. The predicted octanol–water partition coefficient (Wildman–Crippen LogP) is 4.32. The molecule has 0 amide bonds. The first-order chi connectivity index (χ1) is 10.8. The van der Waals surface area contributed by atoms with Crippen LogP contribution in [0.25, 0.3) is 6.08 Å². The maximum Gasteiger partial charge on any atom is 0.416 e. The molecule has 0 fully saturated rings. The normalized spacial score (nSPS) is 11.7.